The molecule has 0 atom stereocenters. The second-order valence-electron chi connectivity index (χ2n) is 6.23. The number of nitrogens with two attached hydrogens (primary N) is 1. The zero-order valence-corrected chi connectivity index (χ0v) is 15.7. The topological polar surface area (TPSA) is 98.9 Å². The molecule has 142 valence electrons. The van der Waals surface area contributed by atoms with E-state index in [1.54, 1.807) is 49.6 Å². The summed E-state index contributed by atoms with van der Waals surface area (Å²) >= 11 is 0. The van der Waals surface area contributed by atoms with Gasteiger partial charge in [-0.2, -0.15) is 8.42 Å². The summed E-state index contributed by atoms with van der Waals surface area (Å²) in [5.41, 5.74) is 7.33. The third kappa shape index (κ3) is 3.00. The van der Waals surface area contributed by atoms with Gasteiger partial charge in [0.05, 0.1) is 7.11 Å². The van der Waals surface area contributed by atoms with E-state index < -0.39 is 10.1 Å². The van der Waals surface area contributed by atoms with Crippen LogP contribution in [-0.2, 0) is 10.1 Å². The molecule has 0 spiro atoms. The maximum atomic E-state index is 12.0. The van der Waals surface area contributed by atoms with Gasteiger partial charge < -0.3 is 15.2 Å². The molecule has 0 unspecified atom stereocenters. The molecule has 0 radical (unpaired) electrons. The zero-order valence-electron chi connectivity index (χ0n) is 14.9. The van der Waals surface area contributed by atoms with Gasteiger partial charge in [0.2, 0.25) is 0 Å². The van der Waals surface area contributed by atoms with E-state index in [-0.39, 0.29) is 4.90 Å². The second kappa shape index (κ2) is 6.70. The highest BCUT2D eigenvalue weighted by Gasteiger charge is 2.25. The molecular formula is C21H17NO5S. The quantitative estimate of drug-likeness (QED) is 0.515. The van der Waals surface area contributed by atoms with Gasteiger partial charge in [0.15, 0.2) is 0 Å². The van der Waals surface area contributed by atoms with E-state index in [0.29, 0.717) is 39.2 Å². The number of hydrogen-bond acceptors (Lipinski definition) is 5. The summed E-state index contributed by atoms with van der Waals surface area (Å²) in [7, 11) is -2.87. The molecule has 0 fully saturated rings. The van der Waals surface area contributed by atoms with E-state index in [4.69, 9.17) is 15.2 Å². The predicted molar refractivity (Wildman–Crippen MR) is 105 cm³/mol. The van der Waals surface area contributed by atoms with Crippen molar-refractivity contribution in [2.24, 2.45) is 5.73 Å². The van der Waals surface area contributed by atoms with Gasteiger partial charge in [0.1, 0.15) is 22.1 Å². The molecule has 3 aromatic rings. The van der Waals surface area contributed by atoms with Crippen LogP contribution in [0.2, 0.25) is 0 Å². The van der Waals surface area contributed by atoms with Crippen LogP contribution >= 0.6 is 0 Å². The van der Waals surface area contributed by atoms with Crippen LogP contribution in [0.3, 0.4) is 0 Å². The van der Waals surface area contributed by atoms with Crippen LogP contribution in [0.15, 0.2) is 65.6 Å². The lowest BCUT2D eigenvalue weighted by molar-refractivity contribution is 0.408. The fraction of sp³-hybridized carbons (Fsp3) is 0.0476. The Labute approximate surface area is 161 Å². The van der Waals surface area contributed by atoms with E-state index in [2.05, 4.69) is 0 Å². The first-order valence-corrected chi connectivity index (χ1v) is 9.86. The number of hydrogen-bond donors (Lipinski definition) is 2. The monoisotopic (exact) mass is 395 g/mol. The summed E-state index contributed by atoms with van der Waals surface area (Å²) in [5.74, 6) is 1.65. The van der Waals surface area contributed by atoms with Crippen molar-refractivity contribution >= 4 is 21.9 Å². The molecule has 0 bridgehead atoms. The molecular weight excluding hydrogens is 378 g/mol. The lowest BCUT2D eigenvalue weighted by atomic mass is 9.92. The molecule has 0 saturated heterocycles. The minimum atomic E-state index is -4.43. The Morgan fingerprint density at radius 2 is 1.79 bits per heavy atom. The number of benzene rings is 3. The molecule has 1 heterocycles. The fourth-order valence-corrected chi connectivity index (χ4v) is 4.00. The standard InChI is InChI=1S/C21H17NO5S/c1-26-14-7-9-16-19(11-14)27-18-10-13(12-22)6-8-15(18)21(16)17-4-2-3-5-20(17)28(23,24)25/h2-12H,22H2,1H3,(H,23,24,25)/b13-12+. The molecule has 3 aromatic carbocycles. The van der Waals surface area contributed by atoms with Crippen LogP contribution < -0.4 is 25.6 Å². The Kier molecular flexibility index (Phi) is 4.33. The molecule has 4 rings (SSSR count). The van der Waals surface area contributed by atoms with Crippen molar-refractivity contribution in [1.29, 1.82) is 0 Å². The van der Waals surface area contributed by atoms with E-state index in [1.807, 2.05) is 12.1 Å². The van der Waals surface area contributed by atoms with Crippen molar-refractivity contribution in [3.05, 3.63) is 82.2 Å². The molecule has 0 aromatic heterocycles. The highest BCUT2D eigenvalue weighted by Crippen LogP contribution is 2.39. The van der Waals surface area contributed by atoms with Crippen LogP contribution in [0.5, 0.6) is 17.2 Å². The Hall–Kier alpha value is -3.29. The Morgan fingerprint density at radius 1 is 1.00 bits per heavy atom. The summed E-state index contributed by atoms with van der Waals surface area (Å²) in [6, 6.07) is 17.0. The molecule has 0 aliphatic carbocycles. The Balaban J connectivity index is 2.15. The summed E-state index contributed by atoms with van der Waals surface area (Å²) < 4.78 is 45.1. The highest BCUT2D eigenvalue weighted by atomic mass is 32.2. The molecule has 1 aliphatic heterocycles. The predicted octanol–water partition coefficient (Wildman–Crippen LogP) is 1.99. The second-order valence-corrected chi connectivity index (χ2v) is 7.62. The highest BCUT2D eigenvalue weighted by molar-refractivity contribution is 7.86. The van der Waals surface area contributed by atoms with E-state index in [1.165, 1.54) is 12.3 Å². The maximum absolute atomic E-state index is 12.0. The van der Waals surface area contributed by atoms with Gasteiger partial charge in [-0.15, -0.1) is 0 Å². The van der Waals surface area contributed by atoms with Crippen molar-refractivity contribution in [1.82, 2.24) is 0 Å². The van der Waals surface area contributed by atoms with Gasteiger partial charge >= 0.3 is 0 Å². The van der Waals surface area contributed by atoms with E-state index in [9.17, 15) is 13.0 Å². The molecule has 0 saturated carbocycles. The van der Waals surface area contributed by atoms with Gasteiger partial charge in [0.25, 0.3) is 10.1 Å². The van der Waals surface area contributed by atoms with Crippen molar-refractivity contribution in [3.63, 3.8) is 0 Å². The molecule has 3 N–H and O–H groups in total. The first-order chi connectivity index (χ1) is 13.4. The van der Waals surface area contributed by atoms with Crippen molar-refractivity contribution < 1.29 is 22.4 Å². The SMILES string of the molecule is COc1ccc2c(c1)Oc1c/c(=C/N)ccc1=C2c1ccccc1S(=O)(=O)O. The van der Waals surface area contributed by atoms with Gasteiger partial charge in [-0.05, 0) is 35.6 Å². The minimum absolute atomic E-state index is 0.172. The first-order valence-electron chi connectivity index (χ1n) is 8.42. The third-order valence-corrected chi connectivity index (χ3v) is 5.49. The smallest absolute Gasteiger partial charge is 0.295 e. The molecule has 6 nitrogen and oxygen atoms in total. The summed E-state index contributed by atoms with van der Waals surface area (Å²) in [4.78, 5) is -0.172. The van der Waals surface area contributed by atoms with Crippen LogP contribution in [0, 0.1) is 0 Å². The minimum Gasteiger partial charge on any atom is -0.497 e. The van der Waals surface area contributed by atoms with Crippen molar-refractivity contribution in [2.45, 2.75) is 4.90 Å². The number of fused-ring (bicyclic) bond motifs is 2. The van der Waals surface area contributed by atoms with Gasteiger partial charge in [-0.3, -0.25) is 4.55 Å². The van der Waals surface area contributed by atoms with Gasteiger partial charge in [-0.25, -0.2) is 0 Å². The number of rotatable bonds is 3. The summed E-state index contributed by atoms with van der Waals surface area (Å²) in [6.45, 7) is 0. The third-order valence-electron chi connectivity index (χ3n) is 4.58. The summed E-state index contributed by atoms with van der Waals surface area (Å²) in [5, 5.41) is 1.45. The van der Waals surface area contributed by atoms with Crippen molar-refractivity contribution in [2.75, 3.05) is 7.11 Å². The fourth-order valence-electron chi connectivity index (χ4n) is 3.31. The van der Waals surface area contributed by atoms with Crippen LogP contribution in [0.1, 0.15) is 11.1 Å². The van der Waals surface area contributed by atoms with Gasteiger partial charge in [-0.1, -0.05) is 24.3 Å². The molecule has 7 heteroatoms. The average Bonchev–Trinajstić information content (AvgIpc) is 2.70. The first kappa shape index (κ1) is 18.1. The zero-order chi connectivity index (χ0) is 19.9. The normalized spacial score (nSPS) is 13.5. The van der Waals surface area contributed by atoms with Crippen LogP contribution in [0.25, 0.3) is 11.8 Å². The van der Waals surface area contributed by atoms with Crippen molar-refractivity contribution in [3.8, 4) is 17.2 Å². The number of methoxy groups -OCH3 is 1. The molecule has 1 aliphatic rings. The average molecular weight is 395 g/mol. The Bertz CT molecular complexity index is 1310. The molecule has 0 amide bonds. The van der Waals surface area contributed by atoms with Gasteiger partial charge in [0, 0.05) is 34.2 Å². The maximum Gasteiger partial charge on any atom is 0.295 e. The lowest BCUT2D eigenvalue weighted by Crippen LogP contribution is -2.21. The molecule has 28 heavy (non-hydrogen) atoms. The van der Waals surface area contributed by atoms with Crippen LogP contribution in [-0.4, -0.2) is 20.1 Å². The Morgan fingerprint density at radius 3 is 2.50 bits per heavy atom. The van der Waals surface area contributed by atoms with E-state index in [0.717, 1.165) is 5.22 Å². The van der Waals surface area contributed by atoms with Crippen LogP contribution in [0.4, 0.5) is 0 Å². The number of ether oxygens (including phenoxy) is 2. The summed E-state index contributed by atoms with van der Waals surface area (Å²) in [6.07, 6.45) is 1.45. The van der Waals surface area contributed by atoms with E-state index >= 15 is 0 Å². The lowest BCUT2D eigenvalue weighted by Gasteiger charge is -2.22. The largest absolute Gasteiger partial charge is 0.497 e.